The SMILES string of the molecule is CCC(CCO)CNC(=O)CCC(C)(C)CCN. The van der Waals surface area contributed by atoms with E-state index in [0.717, 1.165) is 25.7 Å². The average molecular weight is 258 g/mol. The molecule has 0 saturated carbocycles. The van der Waals surface area contributed by atoms with Gasteiger partial charge in [-0.2, -0.15) is 0 Å². The zero-order valence-electron chi connectivity index (χ0n) is 12.2. The monoisotopic (exact) mass is 258 g/mol. The number of amides is 1. The number of nitrogens with two attached hydrogens (primary N) is 1. The minimum atomic E-state index is 0.108. The Bertz CT molecular complexity index is 230. The fourth-order valence-corrected chi connectivity index (χ4v) is 1.95. The van der Waals surface area contributed by atoms with Gasteiger partial charge in [0.15, 0.2) is 0 Å². The van der Waals surface area contributed by atoms with Gasteiger partial charge in [-0.15, -0.1) is 0 Å². The highest BCUT2D eigenvalue weighted by molar-refractivity contribution is 5.75. The van der Waals surface area contributed by atoms with Crippen LogP contribution >= 0.6 is 0 Å². The van der Waals surface area contributed by atoms with Crippen LogP contribution in [-0.2, 0) is 4.79 Å². The lowest BCUT2D eigenvalue weighted by molar-refractivity contribution is -0.121. The van der Waals surface area contributed by atoms with Crippen LogP contribution in [0.4, 0.5) is 0 Å². The van der Waals surface area contributed by atoms with Crippen molar-refractivity contribution < 1.29 is 9.90 Å². The maximum absolute atomic E-state index is 11.7. The first-order valence-corrected chi connectivity index (χ1v) is 7.02. The van der Waals surface area contributed by atoms with E-state index in [2.05, 4.69) is 26.1 Å². The number of aliphatic hydroxyl groups is 1. The third kappa shape index (κ3) is 8.48. The molecular formula is C14H30N2O2. The summed E-state index contributed by atoms with van der Waals surface area (Å²) in [5, 5.41) is 11.8. The molecule has 0 rings (SSSR count). The molecule has 1 atom stereocenters. The van der Waals surface area contributed by atoms with Crippen molar-refractivity contribution in [3.8, 4) is 0 Å². The van der Waals surface area contributed by atoms with E-state index in [-0.39, 0.29) is 17.9 Å². The number of hydrogen-bond donors (Lipinski definition) is 3. The normalized spacial score (nSPS) is 13.4. The van der Waals surface area contributed by atoms with Crippen molar-refractivity contribution >= 4 is 5.91 Å². The molecule has 0 bridgehead atoms. The van der Waals surface area contributed by atoms with Gasteiger partial charge < -0.3 is 16.2 Å². The van der Waals surface area contributed by atoms with E-state index in [1.165, 1.54) is 0 Å². The second-order valence-corrected chi connectivity index (χ2v) is 5.79. The molecular weight excluding hydrogens is 228 g/mol. The molecule has 0 heterocycles. The van der Waals surface area contributed by atoms with Crippen molar-refractivity contribution in [2.75, 3.05) is 19.7 Å². The molecule has 0 spiro atoms. The molecule has 0 aromatic heterocycles. The molecule has 0 fully saturated rings. The van der Waals surface area contributed by atoms with Gasteiger partial charge in [-0.1, -0.05) is 27.2 Å². The highest BCUT2D eigenvalue weighted by Crippen LogP contribution is 2.25. The summed E-state index contributed by atoms with van der Waals surface area (Å²) >= 11 is 0. The van der Waals surface area contributed by atoms with Gasteiger partial charge >= 0.3 is 0 Å². The number of hydrogen-bond acceptors (Lipinski definition) is 3. The first-order valence-electron chi connectivity index (χ1n) is 7.02. The van der Waals surface area contributed by atoms with Gasteiger partial charge in [-0.25, -0.2) is 0 Å². The van der Waals surface area contributed by atoms with Crippen LogP contribution in [0, 0.1) is 11.3 Å². The maximum atomic E-state index is 11.7. The minimum Gasteiger partial charge on any atom is -0.396 e. The van der Waals surface area contributed by atoms with Crippen LogP contribution in [0.2, 0.25) is 0 Å². The summed E-state index contributed by atoms with van der Waals surface area (Å²) in [6, 6.07) is 0. The number of carbonyl (C=O) groups is 1. The molecule has 0 aliphatic heterocycles. The summed E-state index contributed by atoms with van der Waals surface area (Å²) < 4.78 is 0. The number of aliphatic hydroxyl groups excluding tert-OH is 1. The molecule has 4 heteroatoms. The lowest BCUT2D eigenvalue weighted by Gasteiger charge is -2.23. The first-order chi connectivity index (χ1) is 8.45. The van der Waals surface area contributed by atoms with Crippen LogP contribution in [0.15, 0.2) is 0 Å². The quantitative estimate of drug-likeness (QED) is 0.558. The van der Waals surface area contributed by atoms with E-state index >= 15 is 0 Å². The highest BCUT2D eigenvalue weighted by atomic mass is 16.3. The van der Waals surface area contributed by atoms with Gasteiger partial charge in [0.2, 0.25) is 5.91 Å². The molecule has 0 aromatic carbocycles. The molecule has 0 saturated heterocycles. The Labute approximate surface area is 111 Å². The van der Waals surface area contributed by atoms with Crippen LogP contribution in [0.25, 0.3) is 0 Å². The molecule has 1 unspecified atom stereocenters. The predicted octanol–water partition coefficient (Wildman–Crippen LogP) is 1.67. The highest BCUT2D eigenvalue weighted by Gasteiger charge is 2.18. The van der Waals surface area contributed by atoms with E-state index < -0.39 is 0 Å². The lowest BCUT2D eigenvalue weighted by atomic mass is 9.84. The molecule has 0 aromatic rings. The summed E-state index contributed by atoms with van der Waals surface area (Å²) in [5.74, 6) is 0.493. The fourth-order valence-electron chi connectivity index (χ4n) is 1.95. The van der Waals surface area contributed by atoms with Crippen LogP contribution in [0.3, 0.4) is 0 Å². The van der Waals surface area contributed by atoms with Crippen LogP contribution in [0.5, 0.6) is 0 Å². The van der Waals surface area contributed by atoms with E-state index in [0.29, 0.717) is 25.4 Å². The fraction of sp³-hybridized carbons (Fsp3) is 0.929. The molecule has 108 valence electrons. The Kier molecular flexibility index (Phi) is 9.02. The van der Waals surface area contributed by atoms with E-state index in [4.69, 9.17) is 10.8 Å². The molecule has 4 N–H and O–H groups in total. The van der Waals surface area contributed by atoms with Crippen molar-refractivity contribution in [1.82, 2.24) is 5.32 Å². The van der Waals surface area contributed by atoms with Crippen molar-refractivity contribution in [2.24, 2.45) is 17.1 Å². The number of rotatable bonds is 10. The molecule has 0 aliphatic rings. The predicted molar refractivity (Wildman–Crippen MR) is 75.2 cm³/mol. The number of nitrogens with one attached hydrogen (secondary N) is 1. The van der Waals surface area contributed by atoms with Crippen molar-refractivity contribution in [2.45, 2.75) is 52.9 Å². The second kappa shape index (κ2) is 9.34. The van der Waals surface area contributed by atoms with Gasteiger partial charge in [0.1, 0.15) is 0 Å². The van der Waals surface area contributed by atoms with E-state index in [1.807, 2.05) is 0 Å². The summed E-state index contributed by atoms with van der Waals surface area (Å²) in [5.41, 5.74) is 5.69. The van der Waals surface area contributed by atoms with Gasteiger partial charge in [-0.3, -0.25) is 4.79 Å². The molecule has 0 radical (unpaired) electrons. The largest absolute Gasteiger partial charge is 0.396 e. The van der Waals surface area contributed by atoms with Gasteiger partial charge in [0.05, 0.1) is 0 Å². The van der Waals surface area contributed by atoms with Crippen molar-refractivity contribution in [3.05, 3.63) is 0 Å². The molecule has 0 aliphatic carbocycles. The van der Waals surface area contributed by atoms with Crippen molar-refractivity contribution in [3.63, 3.8) is 0 Å². The van der Waals surface area contributed by atoms with Crippen LogP contribution < -0.4 is 11.1 Å². The smallest absolute Gasteiger partial charge is 0.220 e. The first kappa shape index (κ1) is 17.4. The van der Waals surface area contributed by atoms with Crippen molar-refractivity contribution in [1.29, 1.82) is 0 Å². The number of carbonyl (C=O) groups excluding carboxylic acids is 1. The third-order valence-electron chi connectivity index (χ3n) is 3.55. The molecule has 4 nitrogen and oxygen atoms in total. The maximum Gasteiger partial charge on any atom is 0.220 e. The van der Waals surface area contributed by atoms with Crippen LogP contribution in [0.1, 0.15) is 52.9 Å². The average Bonchev–Trinajstić information content (AvgIpc) is 2.32. The standard InChI is InChI=1S/C14H30N2O2/c1-4-12(6-10-17)11-16-13(18)5-7-14(2,3)8-9-15/h12,17H,4-11,15H2,1-3H3,(H,16,18). The van der Waals surface area contributed by atoms with Gasteiger partial charge in [-0.05, 0) is 37.1 Å². The summed E-state index contributed by atoms with van der Waals surface area (Å²) in [6.07, 6.45) is 4.12. The Morgan fingerprint density at radius 3 is 2.56 bits per heavy atom. The zero-order chi connectivity index (χ0) is 14.0. The summed E-state index contributed by atoms with van der Waals surface area (Å²) in [7, 11) is 0. The lowest BCUT2D eigenvalue weighted by Crippen LogP contribution is -2.30. The Morgan fingerprint density at radius 2 is 2.06 bits per heavy atom. The summed E-state index contributed by atoms with van der Waals surface area (Å²) in [6.45, 7) is 7.91. The Morgan fingerprint density at radius 1 is 1.39 bits per heavy atom. The van der Waals surface area contributed by atoms with Gasteiger partial charge in [0.25, 0.3) is 0 Å². The zero-order valence-corrected chi connectivity index (χ0v) is 12.2. The van der Waals surface area contributed by atoms with Crippen LogP contribution in [-0.4, -0.2) is 30.7 Å². The van der Waals surface area contributed by atoms with E-state index in [9.17, 15) is 4.79 Å². The van der Waals surface area contributed by atoms with E-state index in [1.54, 1.807) is 0 Å². The van der Waals surface area contributed by atoms with Gasteiger partial charge in [0, 0.05) is 19.6 Å². The molecule has 18 heavy (non-hydrogen) atoms. The Balaban J connectivity index is 3.83. The second-order valence-electron chi connectivity index (χ2n) is 5.79. The summed E-state index contributed by atoms with van der Waals surface area (Å²) in [4.78, 5) is 11.7. The Hall–Kier alpha value is -0.610. The molecule has 1 amide bonds. The third-order valence-corrected chi connectivity index (χ3v) is 3.55. The topological polar surface area (TPSA) is 75.3 Å². The minimum absolute atomic E-state index is 0.108.